The number of nitrogens with one attached hydrogen (secondary N) is 1. The van der Waals surface area contributed by atoms with Crippen LogP contribution >= 0.6 is 0 Å². The number of fused-ring (bicyclic) bond motifs is 1. The average molecular weight is 320 g/mol. The topological polar surface area (TPSA) is 42.2 Å². The molecule has 0 aliphatic carbocycles. The second-order valence-corrected chi connectivity index (χ2v) is 5.29. The largest absolute Gasteiger partial charge is 0.417 e. The minimum atomic E-state index is -4.43. The number of hydrogen-bond acceptors (Lipinski definition) is 3. The molecule has 0 fully saturated rings. The van der Waals surface area contributed by atoms with Crippen molar-refractivity contribution in [3.63, 3.8) is 0 Å². The molecule has 4 nitrogen and oxygen atoms in total. The maximum Gasteiger partial charge on any atom is 0.417 e. The molecular formula is C16H15F3N4. The van der Waals surface area contributed by atoms with E-state index in [0.29, 0.717) is 11.5 Å². The molecule has 0 amide bonds. The third-order valence-corrected chi connectivity index (χ3v) is 3.69. The van der Waals surface area contributed by atoms with Gasteiger partial charge in [-0.15, -0.1) is 0 Å². The Morgan fingerprint density at radius 3 is 2.48 bits per heavy atom. The van der Waals surface area contributed by atoms with E-state index in [2.05, 4.69) is 15.4 Å². The van der Waals surface area contributed by atoms with Crippen molar-refractivity contribution in [1.29, 1.82) is 0 Å². The summed E-state index contributed by atoms with van der Waals surface area (Å²) in [5.74, 6) is 0.662. The van der Waals surface area contributed by atoms with Crippen LogP contribution in [0.3, 0.4) is 0 Å². The number of nitrogens with zero attached hydrogens (tertiary/aromatic N) is 3. The van der Waals surface area contributed by atoms with Gasteiger partial charge in [-0.2, -0.15) is 22.8 Å². The highest BCUT2D eigenvalue weighted by Crippen LogP contribution is 2.36. The number of benzene rings is 1. The summed E-state index contributed by atoms with van der Waals surface area (Å²) in [5, 5.41) is 7.35. The van der Waals surface area contributed by atoms with Crippen LogP contribution in [0.5, 0.6) is 0 Å². The highest BCUT2D eigenvalue weighted by atomic mass is 19.4. The molecule has 0 bridgehead atoms. The Morgan fingerprint density at radius 2 is 1.83 bits per heavy atom. The molecule has 2 aromatic heterocycles. The van der Waals surface area contributed by atoms with Gasteiger partial charge in [0, 0.05) is 12.6 Å². The van der Waals surface area contributed by atoms with E-state index in [1.54, 1.807) is 23.7 Å². The van der Waals surface area contributed by atoms with E-state index in [4.69, 9.17) is 0 Å². The van der Waals surface area contributed by atoms with Crippen molar-refractivity contribution < 1.29 is 13.2 Å². The second-order valence-electron chi connectivity index (χ2n) is 5.29. The molecule has 3 rings (SSSR count). The molecule has 0 spiro atoms. The van der Waals surface area contributed by atoms with Crippen LogP contribution in [0.4, 0.5) is 19.0 Å². The quantitative estimate of drug-likeness (QED) is 0.774. The summed E-state index contributed by atoms with van der Waals surface area (Å²) in [6, 6.07) is 7.07. The highest BCUT2D eigenvalue weighted by molar-refractivity contribution is 5.68. The minimum Gasteiger partial charge on any atom is -0.372 e. The van der Waals surface area contributed by atoms with Crippen LogP contribution in [0.25, 0.3) is 16.9 Å². The van der Waals surface area contributed by atoms with Crippen molar-refractivity contribution in [1.82, 2.24) is 14.6 Å². The fraction of sp³-hybridized carbons (Fsp3) is 0.250. The van der Waals surface area contributed by atoms with Gasteiger partial charge in [-0.1, -0.05) is 18.2 Å². The number of aryl methyl sites for hydroxylation is 2. The Balaban J connectivity index is 2.30. The third-order valence-electron chi connectivity index (χ3n) is 3.69. The Kier molecular flexibility index (Phi) is 3.50. The summed E-state index contributed by atoms with van der Waals surface area (Å²) in [4.78, 5) is 4.41. The van der Waals surface area contributed by atoms with Gasteiger partial charge >= 0.3 is 6.18 Å². The predicted molar refractivity (Wildman–Crippen MR) is 82.4 cm³/mol. The fourth-order valence-electron chi connectivity index (χ4n) is 2.65. The lowest BCUT2D eigenvalue weighted by Gasteiger charge is -2.13. The zero-order chi connectivity index (χ0) is 16.8. The van der Waals surface area contributed by atoms with Crippen LogP contribution in [-0.4, -0.2) is 21.6 Å². The molecule has 23 heavy (non-hydrogen) atoms. The highest BCUT2D eigenvalue weighted by Gasteiger charge is 2.33. The first-order valence-corrected chi connectivity index (χ1v) is 7.04. The van der Waals surface area contributed by atoms with Gasteiger partial charge in [-0.3, -0.25) is 0 Å². The number of imidazole rings is 1. The maximum atomic E-state index is 13.2. The van der Waals surface area contributed by atoms with E-state index in [-0.39, 0.29) is 11.3 Å². The summed E-state index contributed by atoms with van der Waals surface area (Å²) in [7, 11) is 1.73. The molecule has 0 unspecified atom stereocenters. The summed E-state index contributed by atoms with van der Waals surface area (Å²) in [6.07, 6.45) is -4.43. The van der Waals surface area contributed by atoms with Crippen molar-refractivity contribution in [2.24, 2.45) is 0 Å². The van der Waals surface area contributed by atoms with Crippen LogP contribution in [0, 0.1) is 13.8 Å². The van der Waals surface area contributed by atoms with Gasteiger partial charge in [0.05, 0.1) is 17.0 Å². The number of halogens is 3. The van der Waals surface area contributed by atoms with E-state index in [9.17, 15) is 13.2 Å². The van der Waals surface area contributed by atoms with Crippen molar-refractivity contribution >= 4 is 11.5 Å². The van der Waals surface area contributed by atoms with Crippen molar-refractivity contribution in [3.05, 3.63) is 47.2 Å². The van der Waals surface area contributed by atoms with E-state index in [1.165, 1.54) is 12.1 Å². The molecule has 1 aromatic carbocycles. The van der Waals surface area contributed by atoms with Gasteiger partial charge in [0.25, 0.3) is 0 Å². The molecule has 120 valence electrons. The van der Waals surface area contributed by atoms with Crippen LogP contribution in [0.1, 0.15) is 16.8 Å². The molecule has 2 heterocycles. The lowest BCUT2D eigenvalue weighted by molar-refractivity contribution is -0.137. The van der Waals surface area contributed by atoms with Crippen LogP contribution in [-0.2, 0) is 6.18 Å². The molecule has 7 heteroatoms. The van der Waals surface area contributed by atoms with Gasteiger partial charge in [-0.05, 0) is 31.5 Å². The zero-order valence-corrected chi connectivity index (χ0v) is 12.9. The van der Waals surface area contributed by atoms with Crippen molar-refractivity contribution in [2.45, 2.75) is 20.0 Å². The first-order valence-electron chi connectivity index (χ1n) is 7.04. The number of alkyl halides is 3. The lowest BCUT2D eigenvalue weighted by atomic mass is 10.0. The van der Waals surface area contributed by atoms with Gasteiger partial charge in [0.1, 0.15) is 0 Å². The predicted octanol–water partition coefficient (Wildman–Crippen LogP) is 4.07. The Morgan fingerprint density at radius 1 is 1.13 bits per heavy atom. The Labute approximate surface area is 131 Å². The minimum absolute atomic E-state index is 0.0541. The molecule has 0 radical (unpaired) electrons. The normalized spacial score (nSPS) is 11.9. The summed E-state index contributed by atoms with van der Waals surface area (Å²) >= 11 is 0. The average Bonchev–Trinajstić information content (AvgIpc) is 2.82. The first-order chi connectivity index (χ1) is 10.8. The zero-order valence-electron chi connectivity index (χ0n) is 12.9. The van der Waals surface area contributed by atoms with Gasteiger partial charge in [-0.25, -0.2) is 4.98 Å². The van der Waals surface area contributed by atoms with Crippen molar-refractivity contribution in [3.8, 4) is 11.3 Å². The summed E-state index contributed by atoms with van der Waals surface area (Å²) in [6.45, 7) is 3.63. The standard InChI is InChI=1S/C16H15F3N4/c1-9-8-13(11-6-4-5-7-12(11)16(17,18)19)22-23-14(9)21-10(2)15(23)20-3/h4-8,20H,1-3H3. The lowest BCUT2D eigenvalue weighted by Crippen LogP contribution is -2.09. The number of aromatic nitrogens is 3. The third kappa shape index (κ3) is 2.52. The summed E-state index contributed by atoms with van der Waals surface area (Å²) < 4.78 is 41.3. The van der Waals surface area contributed by atoms with Crippen LogP contribution < -0.4 is 5.32 Å². The van der Waals surface area contributed by atoms with Gasteiger partial charge < -0.3 is 5.32 Å². The molecule has 0 aliphatic rings. The molecule has 0 saturated heterocycles. The molecule has 3 aromatic rings. The van der Waals surface area contributed by atoms with E-state index < -0.39 is 11.7 Å². The molecule has 1 N–H and O–H groups in total. The van der Waals surface area contributed by atoms with E-state index >= 15 is 0 Å². The maximum absolute atomic E-state index is 13.2. The van der Waals surface area contributed by atoms with Gasteiger partial charge in [0.15, 0.2) is 11.5 Å². The van der Waals surface area contributed by atoms with Gasteiger partial charge in [0.2, 0.25) is 0 Å². The smallest absolute Gasteiger partial charge is 0.372 e. The molecule has 0 atom stereocenters. The van der Waals surface area contributed by atoms with E-state index in [1.807, 2.05) is 13.8 Å². The van der Waals surface area contributed by atoms with Crippen molar-refractivity contribution in [2.75, 3.05) is 12.4 Å². The second kappa shape index (κ2) is 5.26. The molecule has 0 saturated carbocycles. The monoisotopic (exact) mass is 320 g/mol. The SMILES string of the molecule is CNc1c(C)nc2c(C)cc(-c3ccccc3C(F)(F)F)nn12. The Hall–Kier alpha value is -2.57. The fourth-order valence-corrected chi connectivity index (χ4v) is 2.65. The van der Waals surface area contributed by atoms with E-state index in [0.717, 1.165) is 17.3 Å². The molecular weight excluding hydrogens is 305 g/mol. The molecule has 0 aliphatic heterocycles. The number of rotatable bonds is 2. The number of hydrogen-bond donors (Lipinski definition) is 1. The van der Waals surface area contributed by atoms with Crippen LogP contribution in [0.15, 0.2) is 30.3 Å². The first kappa shape index (κ1) is 15.3. The summed E-state index contributed by atoms with van der Waals surface area (Å²) in [5.41, 5.74) is 1.74. The Bertz CT molecular complexity index is 881. The number of anilines is 1. The van der Waals surface area contributed by atoms with Crippen LogP contribution in [0.2, 0.25) is 0 Å².